The van der Waals surface area contributed by atoms with E-state index in [9.17, 15) is 4.79 Å². The number of ether oxygens (including phenoxy) is 4. The lowest BCUT2D eigenvalue weighted by Gasteiger charge is -2.09. The Morgan fingerprint density at radius 3 is 2.62 bits per heavy atom. The van der Waals surface area contributed by atoms with E-state index in [4.69, 9.17) is 24.2 Å². The fourth-order valence-electron chi connectivity index (χ4n) is 2.73. The van der Waals surface area contributed by atoms with Crippen molar-refractivity contribution >= 4 is 11.9 Å². The van der Waals surface area contributed by atoms with Crippen LogP contribution in [-0.2, 0) is 0 Å². The number of allylic oxidation sites excluding steroid dienone is 1. The predicted octanol–water partition coefficient (Wildman–Crippen LogP) is 3.53. The molecular weight excluding hydrogens is 334 g/mol. The van der Waals surface area contributed by atoms with E-state index in [0.29, 0.717) is 39.7 Å². The molecule has 132 valence electrons. The van der Waals surface area contributed by atoms with Crippen molar-refractivity contribution in [3.8, 4) is 29.1 Å². The predicted molar refractivity (Wildman–Crippen MR) is 94.8 cm³/mol. The number of nitrogens with zero attached hydrogens (tertiary/aromatic N) is 1. The van der Waals surface area contributed by atoms with Crippen LogP contribution in [0.4, 0.5) is 0 Å². The number of carbonyl (C=O) groups excluding carboxylic acids is 1. The smallest absolute Gasteiger partial charge is 0.231 e. The van der Waals surface area contributed by atoms with E-state index in [1.54, 1.807) is 57.6 Å². The first-order valence-electron chi connectivity index (χ1n) is 7.88. The number of rotatable bonds is 5. The van der Waals surface area contributed by atoms with Crippen molar-refractivity contribution in [2.24, 2.45) is 0 Å². The summed E-state index contributed by atoms with van der Waals surface area (Å²) in [5, 5.41) is 8.66. The van der Waals surface area contributed by atoms with Gasteiger partial charge in [0.2, 0.25) is 5.78 Å². The molecule has 6 heteroatoms. The van der Waals surface area contributed by atoms with Gasteiger partial charge in [-0.3, -0.25) is 4.79 Å². The van der Waals surface area contributed by atoms with E-state index < -0.39 is 0 Å². The first-order chi connectivity index (χ1) is 12.6. The molecule has 0 aromatic heterocycles. The Kier molecular flexibility index (Phi) is 4.81. The van der Waals surface area contributed by atoms with Gasteiger partial charge in [-0.05, 0) is 43.3 Å². The third kappa shape index (κ3) is 3.07. The zero-order valence-corrected chi connectivity index (χ0v) is 14.7. The fourth-order valence-corrected chi connectivity index (χ4v) is 2.73. The van der Waals surface area contributed by atoms with E-state index in [0.717, 1.165) is 0 Å². The van der Waals surface area contributed by atoms with Crippen molar-refractivity contribution in [1.29, 1.82) is 5.26 Å². The lowest BCUT2D eigenvalue weighted by atomic mass is 10.1. The number of hydrogen-bond acceptors (Lipinski definition) is 6. The van der Waals surface area contributed by atoms with Gasteiger partial charge in [-0.2, -0.15) is 5.26 Å². The van der Waals surface area contributed by atoms with Gasteiger partial charge in [0.05, 0.1) is 19.8 Å². The number of hydrogen-bond donors (Lipinski definition) is 0. The lowest BCUT2D eigenvalue weighted by Crippen LogP contribution is -1.99. The van der Waals surface area contributed by atoms with Gasteiger partial charge in [-0.15, -0.1) is 0 Å². The van der Waals surface area contributed by atoms with E-state index in [-0.39, 0.29) is 18.1 Å². The number of methoxy groups -OCH3 is 2. The first-order valence-corrected chi connectivity index (χ1v) is 7.88. The molecule has 3 rings (SSSR count). The van der Waals surface area contributed by atoms with E-state index in [1.165, 1.54) is 0 Å². The van der Waals surface area contributed by atoms with Crippen LogP contribution in [-0.4, -0.2) is 26.6 Å². The number of ketones is 1. The highest BCUT2D eigenvalue weighted by Crippen LogP contribution is 2.40. The minimum atomic E-state index is -0.222. The maximum atomic E-state index is 12.7. The molecule has 0 fully saturated rings. The third-order valence-electron chi connectivity index (χ3n) is 4.05. The molecule has 0 amide bonds. The van der Waals surface area contributed by atoms with Gasteiger partial charge in [0, 0.05) is 11.1 Å². The molecule has 2 aromatic carbocycles. The summed E-state index contributed by atoms with van der Waals surface area (Å²) in [6, 6.07) is 10.5. The summed E-state index contributed by atoms with van der Waals surface area (Å²) < 4.78 is 21.7. The first kappa shape index (κ1) is 17.4. The highest BCUT2D eigenvalue weighted by Gasteiger charge is 2.30. The molecule has 1 aliphatic heterocycles. The summed E-state index contributed by atoms with van der Waals surface area (Å²) in [5.74, 6) is 2.16. The Hall–Kier alpha value is -3.46. The summed E-state index contributed by atoms with van der Waals surface area (Å²) in [6.07, 6.45) is 1.62. The Morgan fingerprint density at radius 2 is 1.92 bits per heavy atom. The standard InChI is InChI=1S/C20H17NO5/c1-12-16(25-9-8-21)7-5-15-19(22)18(26-20(12)15)11-13-10-14(23-2)4-6-17(13)24-3/h4-7,10-11H,9H2,1-3H3/b18-11-. The van der Waals surface area contributed by atoms with Gasteiger partial charge in [-0.25, -0.2) is 0 Å². The van der Waals surface area contributed by atoms with Crippen LogP contribution in [0.3, 0.4) is 0 Å². The molecule has 0 N–H and O–H groups in total. The Labute approximate surface area is 151 Å². The fraction of sp³-hybridized carbons (Fsp3) is 0.200. The van der Waals surface area contributed by atoms with Crippen LogP contribution in [0.5, 0.6) is 23.0 Å². The third-order valence-corrected chi connectivity index (χ3v) is 4.05. The zero-order valence-electron chi connectivity index (χ0n) is 14.7. The number of benzene rings is 2. The van der Waals surface area contributed by atoms with Crippen molar-refractivity contribution in [3.63, 3.8) is 0 Å². The van der Waals surface area contributed by atoms with Crippen LogP contribution in [0.1, 0.15) is 21.5 Å². The molecular formula is C20H17NO5. The van der Waals surface area contributed by atoms with E-state index in [1.807, 2.05) is 6.07 Å². The van der Waals surface area contributed by atoms with E-state index in [2.05, 4.69) is 0 Å². The Morgan fingerprint density at radius 1 is 1.15 bits per heavy atom. The molecule has 0 spiro atoms. The van der Waals surface area contributed by atoms with E-state index >= 15 is 0 Å². The molecule has 0 atom stereocenters. The molecule has 0 unspecified atom stereocenters. The summed E-state index contributed by atoms with van der Waals surface area (Å²) >= 11 is 0. The van der Waals surface area contributed by atoms with Gasteiger partial charge >= 0.3 is 0 Å². The summed E-state index contributed by atoms with van der Waals surface area (Å²) in [4.78, 5) is 12.7. The van der Waals surface area contributed by atoms with Crippen molar-refractivity contribution in [2.45, 2.75) is 6.92 Å². The van der Waals surface area contributed by atoms with Crippen molar-refractivity contribution in [3.05, 3.63) is 52.8 Å². The largest absolute Gasteiger partial charge is 0.497 e. The topological polar surface area (TPSA) is 77.8 Å². The van der Waals surface area contributed by atoms with Crippen LogP contribution in [0, 0.1) is 18.3 Å². The maximum absolute atomic E-state index is 12.7. The number of Topliss-reactive ketones (excluding diaryl/α,β-unsaturated/α-hetero) is 1. The minimum Gasteiger partial charge on any atom is -0.497 e. The Bertz CT molecular complexity index is 940. The molecule has 2 aromatic rings. The molecule has 6 nitrogen and oxygen atoms in total. The number of nitriles is 1. The van der Waals surface area contributed by atoms with Crippen LogP contribution < -0.4 is 18.9 Å². The molecule has 26 heavy (non-hydrogen) atoms. The van der Waals surface area contributed by atoms with Gasteiger partial charge in [0.25, 0.3) is 0 Å². The average Bonchev–Trinajstić information content (AvgIpc) is 2.98. The monoisotopic (exact) mass is 351 g/mol. The number of carbonyl (C=O) groups is 1. The zero-order chi connectivity index (χ0) is 18.7. The molecule has 0 aliphatic carbocycles. The molecule has 0 saturated heterocycles. The van der Waals surface area contributed by atoms with Gasteiger partial charge in [0.1, 0.15) is 29.1 Å². The quantitative estimate of drug-likeness (QED) is 0.767. The second kappa shape index (κ2) is 7.19. The number of fused-ring (bicyclic) bond motifs is 1. The van der Waals surface area contributed by atoms with Gasteiger partial charge < -0.3 is 18.9 Å². The highest BCUT2D eigenvalue weighted by atomic mass is 16.5. The summed E-state index contributed by atoms with van der Waals surface area (Å²) in [5.41, 5.74) is 1.80. The van der Waals surface area contributed by atoms with Crippen molar-refractivity contribution < 1.29 is 23.7 Å². The molecule has 1 aliphatic rings. The van der Waals surface area contributed by atoms with Crippen LogP contribution in [0.25, 0.3) is 6.08 Å². The molecule has 1 heterocycles. The molecule has 0 saturated carbocycles. The maximum Gasteiger partial charge on any atom is 0.231 e. The van der Waals surface area contributed by atoms with Gasteiger partial charge in [0.15, 0.2) is 12.4 Å². The molecule has 0 bridgehead atoms. The lowest BCUT2D eigenvalue weighted by molar-refractivity contribution is 0.101. The van der Waals surface area contributed by atoms with Crippen molar-refractivity contribution in [2.75, 3.05) is 20.8 Å². The Balaban J connectivity index is 1.99. The second-order valence-corrected chi connectivity index (χ2v) is 5.56. The van der Waals surface area contributed by atoms with Gasteiger partial charge in [-0.1, -0.05) is 0 Å². The second-order valence-electron chi connectivity index (χ2n) is 5.56. The van der Waals surface area contributed by atoms with Crippen molar-refractivity contribution in [1.82, 2.24) is 0 Å². The highest BCUT2D eigenvalue weighted by molar-refractivity contribution is 6.15. The van der Waals surface area contributed by atoms with Crippen LogP contribution in [0.15, 0.2) is 36.1 Å². The summed E-state index contributed by atoms with van der Waals surface area (Å²) in [6.45, 7) is 1.71. The van der Waals surface area contributed by atoms with Crippen LogP contribution in [0.2, 0.25) is 0 Å². The molecule has 0 radical (unpaired) electrons. The van der Waals surface area contributed by atoms with Crippen LogP contribution >= 0.6 is 0 Å². The summed E-state index contributed by atoms with van der Waals surface area (Å²) in [7, 11) is 3.12. The SMILES string of the molecule is COc1ccc(OC)c(/C=C2\Oc3c(ccc(OCC#N)c3C)C2=O)c1. The normalized spacial score (nSPS) is 13.8. The minimum absolute atomic E-state index is 0.0721. The average molecular weight is 351 g/mol.